The number of rotatable bonds is 3. The van der Waals surface area contributed by atoms with Crippen molar-refractivity contribution in [3.05, 3.63) is 87.8 Å². The van der Waals surface area contributed by atoms with E-state index in [0.29, 0.717) is 11.4 Å². The summed E-state index contributed by atoms with van der Waals surface area (Å²) in [5.41, 5.74) is -0.867. The maximum absolute atomic E-state index is 13.0. The summed E-state index contributed by atoms with van der Waals surface area (Å²) in [5.74, 6) is -0.656. The molecule has 0 atom stereocenters. The van der Waals surface area contributed by atoms with E-state index >= 15 is 0 Å². The smallest absolute Gasteiger partial charge is 0.310 e. The number of aryl methyl sites for hydroxylation is 1. The van der Waals surface area contributed by atoms with E-state index in [0.717, 1.165) is 16.8 Å². The van der Waals surface area contributed by atoms with Gasteiger partial charge in [-0.2, -0.15) is 18.3 Å². The van der Waals surface area contributed by atoms with Crippen molar-refractivity contribution in [3.63, 3.8) is 0 Å². The van der Waals surface area contributed by atoms with Gasteiger partial charge in [-0.05, 0) is 37.3 Å². The second-order valence-corrected chi connectivity index (χ2v) is 6.16. The van der Waals surface area contributed by atoms with Crippen LogP contribution in [0.5, 0.6) is 0 Å². The molecule has 2 aromatic carbocycles. The Bertz CT molecular complexity index is 1080. The van der Waals surface area contributed by atoms with E-state index in [1.54, 1.807) is 30.3 Å². The number of carbonyl (C=O) groups is 1. The highest BCUT2D eigenvalue weighted by atomic mass is 19.4. The molecule has 0 aliphatic rings. The second-order valence-electron chi connectivity index (χ2n) is 6.16. The summed E-state index contributed by atoms with van der Waals surface area (Å²) in [4.78, 5) is 26.3. The summed E-state index contributed by atoms with van der Waals surface area (Å²) in [5, 5.41) is 4.06. The Morgan fingerprint density at radius 2 is 1.71 bits per heavy atom. The first kappa shape index (κ1) is 19.3. The fourth-order valence-electron chi connectivity index (χ4n) is 2.70. The van der Waals surface area contributed by atoms with Gasteiger partial charge >= 0.3 is 6.18 Å². The first-order valence-electron chi connectivity index (χ1n) is 8.30. The number of carbonyl (C=O) groups excluding carboxylic acids is 1. The summed E-state index contributed by atoms with van der Waals surface area (Å²) >= 11 is 0. The first-order chi connectivity index (χ1) is 13.2. The summed E-state index contributed by atoms with van der Waals surface area (Å²) < 4.78 is 40.2. The van der Waals surface area contributed by atoms with Crippen LogP contribution in [0.15, 0.2) is 65.5 Å². The molecule has 1 heterocycles. The van der Waals surface area contributed by atoms with E-state index < -0.39 is 23.1 Å². The van der Waals surface area contributed by atoms with Crippen LogP contribution in [0.2, 0.25) is 0 Å². The number of halogens is 3. The second kappa shape index (κ2) is 7.30. The van der Waals surface area contributed by atoms with Crippen molar-refractivity contribution in [3.8, 4) is 5.69 Å². The van der Waals surface area contributed by atoms with Crippen LogP contribution in [-0.4, -0.2) is 22.7 Å². The molecule has 0 saturated carbocycles. The third-order valence-corrected chi connectivity index (χ3v) is 4.18. The van der Waals surface area contributed by atoms with Gasteiger partial charge < -0.3 is 4.90 Å². The quantitative estimate of drug-likeness (QED) is 0.686. The van der Waals surface area contributed by atoms with Gasteiger partial charge in [0.15, 0.2) is 5.69 Å². The molecule has 0 saturated heterocycles. The van der Waals surface area contributed by atoms with Crippen molar-refractivity contribution < 1.29 is 18.0 Å². The highest BCUT2D eigenvalue weighted by Crippen LogP contribution is 2.30. The zero-order chi connectivity index (χ0) is 20.5. The Kier molecular flexibility index (Phi) is 5.04. The third kappa shape index (κ3) is 3.80. The molecule has 8 heteroatoms. The van der Waals surface area contributed by atoms with Crippen LogP contribution in [-0.2, 0) is 6.18 Å². The van der Waals surface area contributed by atoms with Gasteiger partial charge in [0.2, 0.25) is 5.43 Å². The molecule has 0 aliphatic heterocycles. The molecule has 1 aromatic heterocycles. The number of alkyl halides is 3. The normalized spacial score (nSPS) is 11.3. The van der Waals surface area contributed by atoms with Crippen LogP contribution >= 0.6 is 0 Å². The Morgan fingerprint density at radius 3 is 2.36 bits per heavy atom. The van der Waals surface area contributed by atoms with E-state index in [-0.39, 0.29) is 11.4 Å². The molecule has 144 valence electrons. The predicted octanol–water partition coefficient (Wildman–Crippen LogP) is 3.84. The van der Waals surface area contributed by atoms with Gasteiger partial charge in [0.1, 0.15) is 0 Å². The maximum Gasteiger partial charge on any atom is 0.416 e. The molecule has 5 nitrogen and oxygen atoms in total. The highest BCUT2D eigenvalue weighted by Gasteiger charge is 2.30. The van der Waals surface area contributed by atoms with E-state index in [1.807, 2.05) is 0 Å². The minimum absolute atomic E-state index is 0.101. The van der Waals surface area contributed by atoms with Gasteiger partial charge in [-0.25, -0.2) is 4.68 Å². The van der Waals surface area contributed by atoms with Crippen molar-refractivity contribution in [2.45, 2.75) is 13.1 Å². The van der Waals surface area contributed by atoms with Crippen molar-refractivity contribution in [2.75, 3.05) is 11.9 Å². The van der Waals surface area contributed by atoms with Gasteiger partial charge in [-0.3, -0.25) is 9.59 Å². The number of aromatic nitrogens is 2. The van der Waals surface area contributed by atoms with Crippen LogP contribution < -0.4 is 10.3 Å². The molecule has 3 rings (SSSR count). The number of benzene rings is 2. The zero-order valence-corrected chi connectivity index (χ0v) is 15.1. The molecule has 0 fully saturated rings. The van der Waals surface area contributed by atoms with Crippen LogP contribution in [0, 0.1) is 6.92 Å². The summed E-state index contributed by atoms with van der Waals surface area (Å²) in [6, 6.07) is 14.4. The number of hydrogen-bond acceptors (Lipinski definition) is 3. The molecule has 0 spiro atoms. The standard InChI is InChI=1S/C20H16F3N3O2/c1-13-11-17(27)18(19(28)25(2)15-8-4-3-5-9-15)24-26(13)16-10-6-7-14(12-16)20(21,22)23/h3-12H,1-2H3. The monoisotopic (exact) mass is 387 g/mol. The average molecular weight is 387 g/mol. The Balaban J connectivity index is 2.07. The minimum atomic E-state index is -4.52. The molecule has 0 N–H and O–H groups in total. The van der Waals surface area contributed by atoms with Gasteiger partial charge in [0.25, 0.3) is 5.91 Å². The van der Waals surface area contributed by atoms with Crippen LogP contribution in [0.1, 0.15) is 21.7 Å². The molecule has 3 aromatic rings. The SMILES string of the molecule is Cc1cc(=O)c(C(=O)N(C)c2ccccc2)nn1-c1cccc(C(F)(F)F)c1. The fraction of sp³-hybridized carbons (Fsp3) is 0.150. The summed E-state index contributed by atoms with van der Waals surface area (Å²) in [7, 11) is 1.49. The van der Waals surface area contributed by atoms with E-state index in [1.165, 1.54) is 37.1 Å². The lowest BCUT2D eigenvalue weighted by Gasteiger charge is -2.18. The molecule has 0 bridgehead atoms. The van der Waals surface area contributed by atoms with Crippen LogP contribution in [0.25, 0.3) is 5.69 Å². The van der Waals surface area contributed by atoms with Crippen molar-refractivity contribution >= 4 is 11.6 Å². The number of hydrogen-bond donors (Lipinski definition) is 0. The summed E-state index contributed by atoms with van der Waals surface area (Å²) in [6.45, 7) is 1.53. The third-order valence-electron chi connectivity index (χ3n) is 4.18. The zero-order valence-electron chi connectivity index (χ0n) is 15.1. The first-order valence-corrected chi connectivity index (χ1v) is 8.30. The Labute approximate surface area is 158 Å². The molecule has 0 unspecified atom stereocenters. The largest absolute Gasteiger partial charge is 0.416 e. The van der Waals surface area contributed by atoms with Crippen molar-refractivity contribution in [2.24, 2.45) is 0 Å². The van der Waals surface area contributed by atoms with Gasteiger partial charge in [0, 0.05) is 24.5 Å². The number of anilines is 1. The molecule has 0 radical (unpaired) electrons. The highest BCUT2D eigenvalue weighted by molar-refractivity contribution is 6.04. The Hall–Kier alpha value is -3.42. The molecule has 28 heavy (non-hydrogen) atoms. The lowest BCUT2D eigenvalue weighted by atomic mass is 10.2. The molecular weight excluding hydrogens is 371 g/mol. The fourth-order valence-corrected chi connectivity index (χ4v) is 2.70. The minimum Gasteiger partial charge on any atom is -0.310 e. The van der Waals surface area contributed by atoms with Crippen molar-refractivity contribution in [1.29, 1.82) is 0 Å². The topological polar surface area (TPSA) is 55.2 Å². The average Bonchev–Trinajstić information content (AvgIpc) is 2.67. The molecule has 1 amide bonds. The summed E-state index contributed by atoms with van der Waals surface area (Å²) in [6.07, 6.45) is -4.52. The van der Waals surface area contributed by atoms with Gasteiger partial charge in [0.05, 0.1) is 11.3 Å². The van der Waals surface area contributed by atoms with E-state index in [9.17, 15) is 22.8 Å². The van der Waals surface area contributed by atoms with Crippen LogP contribution in [0.4, 0.5) is 18.9 Å². The predicted molar refractivity (Wildman–Crippen MR) is 98.7 cm³/mol. The Morgan fingerprint density at radius 1 is 1.04 bits per heavy atom. The van der Waals surface area contributed by atoms with Crippen LogP contribution in [0.3, 0.4) is 0 Å². The number of amides is 1. The molecule has 0 aliphatic carbocycles. The lowest BCUT2D eigenvalue weighted by Crippen LogP contribution is -2.33. The maximum atomic E-state index is 13.0. The lowest BCUT2D eigenvalue weighted by molar-refractivity contribution is -0.137. The van der Waals surface area contributed by atoms with E-state index in [4.69, 9.17) is 0 Å². The van der Waals surface area contributed by atoms with Gasteiger partial charge in [-0.15, -0.1) is 0 Å². The van der Waals surface area contributed by atoms with Crippen molar-refractivity contribution in [1.82, 2.24) is 9.78 Å². The van der Waals surface area contributed by atoms with E-state index in [2.05, 4.69) is 5.10 Å². The molecular formula is C20H16F3N3O2. The van der Waals surface area contributed by atoms with Gasteiger partial charge in [-0.1, -0.05) is 24.3 Å². The number of para-hydroxylation sites is 1. The number of nitrogens with zero attached hydrogens (tertiary/aromatic N) is 3.